The van der Waals surface area contributed by atoms with Crippen molar-refractivity contribution in [1.29, 1.82) is 0 Å². The molecule has 0 aromatic heterocycles. The summed E-state index contributed by atoms with van der Waals surface area (Å²) in [5.74, 6) is 0.704. The van der Waals surface area contributed by atoms with E-state index in [1.54, 1.807) is 14.0 Å². The molecule has 1 atom stereocenters. The van der Waals surface area contributed by atoms with Crippen molar-refractivity contribution in [1.82, 2.24) is 5.32 Å². The van der Waals surface area contributed by atoms with Gasteiger partial charge in [0, 0.05) is 25.3 Å². The fourth-order valence-corrected chi connectivity index (χ4v) is 1.77. The molecular weight excluding hydrogens is 242 g/mol. The average molecular weight is 267 g/mol. The van der Waals surface area contributed by atoms with Crippen molar-refractivity contribution in [3.8, 4) is 5.75 Å². The Kier molecular flexibility index (Phi) is 6.28. The topological polar surface area (TPSA) is 50.7 Å². The van der Waals surface area contributed by atoms with E-state index in [0.717, 1.165) is 5.56 Å². The molecule has 108 valence electrons. The molecule has 1 unspecified atom stereocenters. The molecule has 0 saturated heterocycles. The van der Waals surface area contributed by atoms with Crippen LogP contribution in [0.25, 0.3) is 0 Å². The Morgan fingerprint density at radius 2 is 1.95 bits per heavy atom. The molecular formula is C15H25NO3. The molecule has 0 aliphatic rings. The zero-order valence-corrected chi connectivity index (χ0v) is 12.3. The summed E-state index contributed by atoms with van der Waals surface area (Å²) < 4.78 is 10.6. The lowest BCUT2D eigenvalue weighted by Gasteiger charge is -2.27. The Labute approximate surface area is 115 Å². The van der Waals surface area contributed by atoms with Crippen molar-refractivity contribution in [2.45, 2.75) is 32.4 Å². The molecule has 0 amide bonds. The number of aliphatic hydroxyl groups is 1. The van der Waals surface area contributed by atoms with Crippen molar-refractivity contribution >= 4 is 0 Å². The van der Waals surface area contributed by atoms with Crippen LogP contribution in [0.3, 0.4) is 0 Å². The van der Waals surface area contributed by atoms with E-state index in [2.05, 4.69) is 19.2 Å². The van der Waals surface area contributed by atoms with Gasteiger partial charge in [0.2, 0.25) is 0 Å². The van der Waals surface area contributed by atoms with Crippen LogP contribution in [0.1, 0.15) is 26.3 Å². The lowest BCUT2D eigenvalue weighted by molar-refractivity contribution is 0.0504. The maximum Gasteiger partial charge on any atom is 0.125 e. The van der Waals surface area contributed by atoms with Crippen LogP contribution in [0.5, 0.6) is 5.75 Å². The van der Waals surface area contributed by atoms with Crippen LogP contribution in [0.2, 0.25) is 0 Å². The second-order valence-corrected chi connectivity index (χ2v) is 5.15. The molecule has 1 aromatic rings. The largest absolute Gasteiger partial charge is 0.491 e. The third-order valence-electron chi connectivity index (χ3n) is 2.87. The zero-order chi connectivity index (χ0) is 14.3. The Morgan fingerprint density at radius 1 is 1.26 bits per heavy atom. The average Bonchev–Trinajstić information content (AvgIpc) is 2.37. The van der Waals surface area contributed by atoms with E-state index in [9.17, 15) is 5.11 Å². The first-order valence-corrected chi connectivity index (χ1v) is 6.64. The van der Waals surface area contributed by atoms with Gasteiger partial charge in [-0.05, 0) is 13.0 Å². The van der Waals surface area contributed by atoms with Crippen LogP contribution in [0.4, 0.5) is 0 Å². The first-order chi connectivity index (χ1) is 8.97. The van der Waals surface area contributed by atoms with Crippen LogP contribution in [-0.4, -0.2) is 38.0 Å². The SMILES string of the molecule is COCCOc1ccccc1C(C)(O)CNC(C)C. The smallest absolute Gasteiger partial charge is 0.125 e. The van der Waals surface area contributed by atoms with Crippen LogP contribution in [-0.2, 0) is 10.3 Å². The molecule has 0 aliphatic carbocycles. The van der Waals surface area contributed by atoms with Gasteiger partial charge in [0.05, 0.1) is 6.61 Å². The summed E-state index contributed by atoms with van der Waals surface area (Å²) in [6.07, 6.45) is 0. The Bertz CT molecular complexity index is 377. The summed E-state index contributed by atoms with van der Waals surface area (Å²) in [4.78, 5) is 0. The molecule has 0 spiro atoms. The molecule has 4 heteroatoms. The predicted molar refractivity (Wildman–Crippen MR) is 76.5 cm³/mol. The minimum absolute atomic E-state index is 0.327. The van der Waals surface area contributed by atoms with Gasteiger partial charge in [-0.2, -0.15) is 0 Å². The van der Waals surface area contributed by atoms with Gasteiger partial charge in [-0.15, -0.1) is 0 Å². The quantitative estimate of drug-likeness (QED) is 0.707. The van der Waals surface area contributed by atoms with Crippen molar-refractivity contribution in [2.75, 3.05) is 26.9 Å². The van der Waals surface area contributed by atoms with E-state index in [-0.39, 0.29) is 0 Å². The zero-order valence-electron chi connectivity index (χ0n) is 12.3. The predicted octanol–water partition coefficient (Wildman–Crippen LogP) is 1.92. The van der Waals surface area contributed by atoms with Gasteiger partial charge in [0.15, 0.2) is 0 Å². The molecule has 0 heterocycles. The Balaban J connectivity index is 2.79. The molecule has 1 aromatic carbocycles. The summed E-state index contributed by atoms with van der Waals surface area (Å²) in [6, 6.07) is 7.90. The third kappa shape index (κ3) is 5.19. The van der Waals surface area contributed by atoms with Gasteiger partial charge in [-0.1, -0.05) is 32.0 Å². The van der Waals surface area contributed by atoms with E-state index >= 15 is 0 Å². The van der Waals surface area contributed by atoms with Gasteiger partial charge >= 0.3 is 0 Å². The fraction of sp³-hybridized carbons (Fsp3) is 0.600. The van der Waals surface area contributed by atoms with E-state index < -0.39 is 5.60 Å². The van der Waals surface area contributed by atoms with Crippen LogP contribution in [0.15, 0.2) is 24.3 Å². The third-order valence-corrected chi connectivity index (χ3v) is 2.87. The summed E-state index contributed by atoms with van der Waals surface area (Å²) in [7, 11) is 1.64. The number of rotatable bonds is 8. The summed E-state index contributed by atoms with van der Waals surface area (Å²) in [5.41, 5.74) is -0.173. The molecule has 4 nitrogen and oxygen atoms in total. The van der Waals surface area contributed by atoms with Crippen LogP contribution < -0.4 is 10.1 Å². The first kappa shape index (κ1) is 16.0. The minimum Gasteiger partial charge on any atom is -0.491 e. The number of hydrogen-bond donors (Lipinski definition) is 2. The van der Waals surface area contributed by atoms with Gasteiger partial charge in [-0.25, -0.2) is 0 Å². The van der Waals surface area contributed by atoms with Crippen molar-refractivity contribution < 1.29 is 14.6 Å². The Hall–Kier alpha value is -1.10. The van der Waals surface area contributed by atoms with Crippen LogP contribution in [0, 0.1) is 0 Å². The number of para-hydroxylation sites is 1. The first-order valence-electron chi connectivity index (χ1n) is 6.64. The highest BCUT2D eigenvalue weighted by Gasteiger charge is 2.26. The summed E-state index contributed by atoms with van der Waals surface area (Å²) in [5, 5.41) is 13.8. The van der Waals surface area contributed by atoms with Gasteiger partial charge < -0.3 is 19.9 Å². The standard InChI is InChI=1S/C15H25NO3/c1-12(2)16-11-15(3,17)13-7-5-6-8-14(13)19-10-9-18-4/h5-8,12,16-17H,9-11H2,1-4H3. The fourth-order valence-electron chi connectivity index (χ4n) is 1.77. The van der Waals surface area contributed by atoms with Gasteiger partial charge in [0.25, 0.3) is 0 Å². The number of nitrogens with one attached hydrogen (secondary N) is 1. The molecule has 19 heavy (non-hydrogen) atoms. The summed E-state index contributed by atoms with van der Waals surface area (Å²) in [6.45, 7) is 7.38. The van der Waals surface area contributed by atoms with E-state index in [1.807, 2.05) is 24.3 Å². The van der Waals surface area contributed by atoms with Crippen molar-refractivity contribution in [3.63, 3.8) is 0 Å². The number of hydrogen-bond acceptors (Lipinski definition) is 4. The highest BCUT2D eigenvalue weighted by molar-refractivity contribution is 5.37. The molecule has 2 N–H and O–H groups in total. The maximum atomic E-state index is 10.6. The van der Waals surface area contributed by atoms with Crippen LogP contribution >= 0.6 is 0 Å². The molecule has 1 rings (SSSR count). The molecule has 0 saturated carbocycles. The lowest BCUT2D eigenvalue weighted by Crippen LogP contribution is -2.38. The molecule has 0 aliphatic heterocycles. The minimum atomic E-state index is -0.964. The molecule has 0 radical (unpaired) electrons. The van der Waals surface area contributed by atoms with E-state index in [0.29, 0.717) is 31.5 Å². The number of benzene rings is 1. The maximum absolute atomic E-state index is 10.6. The van der Waals surface area contributed by atoms with Gasteiger partial charge in [0.1, 0.15) is 18.0 Å². The highest BCUT2D eigenvalue weighted by atomic mass is 16.5. The molecule has 0 bridgehead atoms. The van der Waals surface area contributed by atoms with Crippen molar-refractivity contribution in [3.05, 3.63) is 29.8 Å². The lowest BCUT2D eigenvalue weighted by atomic mass is 9.94. The van der Waals surface area contributed by atoms with E-state index in [4.69, 9.17) is 9.47 Å². The van der Waals surface area contributed by atoms with Crippen molar-refractivity contribution in [2.24, 2.45) is 0 Å². The second-order valence-electron chi connectivity index (χ2n) is 5.15. The second kappa shape index (κ2) is 7.48. The summed E-state index contributed by atoms with van der Waals surface area (Å²) >= 11 is 0. The monoisotopic (exact) mass is 267 g/mol. The highest BCUT2D eigenvalue weighted by Crippen LogP contribution is 2.29. The normalized spacial score (nSPS) is 14.4. The Morgan fingerprint density at radius 3 is 2.58 bits per heavy atom. The number of methoxy groups -OCH3 is 1. The molecule has 0 fully saturated rings. The number of ether oxygens (including phenoxy) is 2. The van der Waals surface area contributed by atoms with Gasteiger partial charge in [-0.3, -0.25) is 0 Å². The van der Waals surface area contributed by atoms with E-state index in [1.165, 1.54) is 0 Å².